The first-order valence-corrected chi connectivity index (χ1v) is 7.79. The van der Waals surface area contributed by atoms with E-state index in [0.717, 1.165) is 11.1 Å². The maximum absolute atomic E-state index is 9.53. The number of nitriles is 1. The fraction of sp³-hybridized carbons (Fsp3) is 0.100. The number of hydrogen-bond acceptors (Lipinski definition) is 6. The second-order valence-corrected chi connectivity index (χ2v) is 5.54. The van der Waals surface area contributed by atoms with Crippen molar-refractivity contribution in [2.24, 2.45) is 0 Å². The molecular weight excluding hydrogens is 330 g/mol. The van der Waals surface area contributed by atoms with E-state index in [0.29, 0.717) is 28.3 Å². The van der Waals surface area contributed by atoms with Crippen molar-refractivity contribution < 1.29 is 14.6 Å². The number of methoxy groups -OCH3 is 2. The number of anilines is 1. The summed E-state index contributed by atoms with van der Waals surface area (Å²) in [6, 6.07) is 15.9. The summed E-state index contributed by atoms with van der Waals surface area (Å²) >= 11 is 0. The number of rotatable bonds is 4. The minimum Gasteiger partial charge on any atom is -0.508 e. The maximum atomic E-state index is 9.53. The number of nitrogen functional groups attached to an aromatic ring is 1. The Bertz CT molecular complexity index is 992. The van der Waals surface area contributed by atoms with Gasteiger partial charge >= 0.3 is 0 Å². The highest BCUT2D eigenvalue weighted by atomic mass is 16.5. The van der Waals surface area contributed by atoms with E-state index in [-0.39, 0.29) is 11.6 Å². The van der Waals surface area contributed by atoms with Crippen LogP contribution in [0.1, 0.15) is 5.56 Å². The summed E-state index contributed by atoms with van der Waals surface area (Å²) < 4.78 is 10.6. The highest BCUT2D eigenvalue weighted by Gasteiger charge is 2.15. The van der Waals surface area contributed by atoms with Crippen molar-refractivity contribution in [3.8, 4) is 45.7 Å². The zero-order chi connectivity index (χ0) is 18.7. The Morgan fingerprint density at radius 3 is 2.23 bits per heavy atom. The first-order valence-electron chi connectivity index (χ1n) is 7.79. The van der Waals surface area contributed by atoms with E-state index in [1.54, 1.807) is 56.7 Å². The van der Waals surface area contributed by atoms with Gasteiger partial charge < -0.3 is 20.3 Å². The molecule has 0 saturated carbocycles. The van der Waals surface area contributed by atoms with Crippen LogP contribution in [0.15, 0.2) is 48.5 Å². The fourth-order valence-corrected chi connectivity index (χ4v) is 2.69. The minimum absolute atomic E-state index is 0.142. The molecule has 0 fully saturated rings. The van der Waals surface area contributed by atoms with Gasteiger partial charge in [0.25, 0.3) is 0 Å². The van der Waals surface area contributed by atoms with Crippen LogP contribution in [0.3, 0.4) is 0 Å². The Balaban J connectivity index is 2.20. The Labute approximate surface area is 151 Å². The summed E-state index contributed by atoms with van der Waals surface area (Å²) in [5.74, 6) is 1.45. The lowest BCUT2D eigenvalue weighted by molar-refractivity contribution is 0.355. The molecule has 3 N–H and O–H groups in total. The third-order valence-electron chi connectivity index (χ3n) is 4.02. The second kappa shape index (κ2) is 7.03. The lowest BCUT2D eigenvalue weighted by Gasteiger charge is -2.13. The summed E-state index contributed by atoms with van der Waals surface area (Å²) in [7, 11) is 3.11. The molecule has 26 heavy (non-hydrogen) atoms. The molecular formula is C20H17N3O3. The van der Waals surface area contributed by atoms with Crippen LogP contribution in [0, 0.1) is 11.3 Å². The molecule has 0 unspecified atom stereocenters. The molecule has 3 rings (SSSR count). The quantitative estimate of drug-likeness (QED) is 0.748. The summed E-state index contributed by atoms with van der Waals surface area (Å²) in [5.41, 5.74) is 9.10. The Hall–Kier alpha value is -3.72. The number of aromatic hydroxyl groups is 1. The predicted octanol–water partition coefficient (Wildman–Crippen LogP) is 3.59. The van der Waals surface area contributed by atoms with E-state index in [9.17, 15) is 10.4 Å². The molecule has 0 atom stereocenters. The minimum atomic E-state index is 0.142. The van der Waals surface area contributed by atoms with Crippen LogP contribution in [0.4, 0.5) is 5.82 Å². The molecule has 0 bridgehead atoms. The number of phenols is 1. The number of phenolic OH excluding ortho intramolecular Hbond substituents is 1. The van der Waals surface area contributed by atoms with Gasteiger partial charge in [0.1, 0.15) is 23.2 Å². The van der Waals surface area contributed by atoms with Gasteiger partial charge in [-0.25, -0.2) is 4.98 Å². The van der Waals surface area contributed by atoms with Crippen molar-refractivity contribution in [1.82, 2.24) is 4.98 Å². The summed E-state index contributed by atoms with van der Waals surface area (Å²) in [4.78, 5) is 4.32. The maximum Gasteiger partial charge on any atom is 0.161 e. The Morgan fingerprint density at radius 2 is 1.62 bits per heavy atom. The monoisotopic (exact) mass is 347 g/mol. The summed E-state index contributed by atoms with van der Waals surface area (Å²) in [6.45, 7) is 0. The largest absolute Gasteiger partial charge is 0.508 e. The van der Waals surface area contributed by atoms with Gasteiger partial charge in [-0.3, -0.25) is 0 Å². The topological polar surface area (TPSA) is 101 Å². The van der Waals surface area contributed by atoms with Gasteiger partial charge in [-0.1, -0.05) is 6.07 Å². The lowest BCUT2D eigenvalue weighted by atomic mass is 9.98. The summed E-state index contributed by atoms with van der Waals surface area (Å²) in [5, 5.41) is 19.0. The molecule has 0 aliphatic heterocycles. The second-order valence-electron chi connectivity index (χ2n) is 5.54. The average Bonchev–Trinajstić information content (AvgIpc) is 2.67. The SMILES string of the molecule is COc1ccc(-c2cc(-c3ccc(O)cc3)nc(N)c2C#N)cc1OC. The zero-order valence-electron chi connectivity index (χ0n) is 14.4. The first kappa shape index (κ1) is 17.1. The van der Waals surface area contributed by atoms with E-state index in [1.165, 1.54) is 0 Å². The number of benzene rings is 2. The molecule has 1 aromatic heterocycles. The van der Waals surface area contributed by atoms with Crippen LogP contribution in [0.5, 0.6) is 17.2 Å². The Kier molecular flexibility index (Phi) is 4.63. The van der Waals surface area contributed by atoms with Crippen LogP contribution >= 0.6 is 0 Å². The number of hydrogen-bond donors (Lipinski definition) is 2. The van der Waals surface area contributed by atoms with E-state index >= 15 is 0 Å². The lowest BCUT2D eigenvalue weighted by Crippen LogP contribution is -2.00. The highest BCUT2D eigenvalue weighted by Crippen LogP contribution is 2.36. The van der Waals surface area contributed by atoms with Crippen LogP contribution < -0.4 is 15.2 Å². The molecule has 3 aromatic rings. The van der Waals surface area contributed by atoms with Crippen molar-refractivity contribution in [3.05, 3.63) is 54.1 Å². The van der Waals surface area contributed by atoms with Crippen molar-refractivity contribution in [1.29, 1.82) is 5.26 Å². The van der Waals surface area contributed by atoms with Gasteiger partial charge in [0.2, 0.25) is 0 Å². The van der Waals surface area contributed by atoms with Crippen LogP contribution in [-0.4, -0.2) is 24.3 Å². The van der Waals surface area contributed by atoms with Gasteiger partial charge in [0.15, 0.2) is 11.5 Å². The zero-order valence-corrected chi connectivity index (χ0v) is 14.4. The van der Waals surface area contributed by atoms with Crippen molar-refractivity contribution in [2.75, 3.05) is 20.0 Å². The number of pyridine rings is 1. The molecule has 6 heteroatoms. The van der Waals surface area contributed by atoms with Gasteiger partial charge in [-0.05, 0) is 48.0 Å². The van der Waals surface area contributed by atoms with E-state index in [1.807, 2.05) is 6.07 Å². The van der Waals surface area contributed by atoms with Gasteiger partial charge in [0.05, 0.1) is 19.9 Å². The van der Waals surface area contributed by atoms with Gasteiger partial charge in [0, 0.05) is 11.1 Å². The summed E-state index contributed by atoms with van der Waals surface area (Å²) in [6.07, 6.45) is 0. The molecule has 0 spiro atoms. The molecule has 0 saturated heterocycles. The average molecular weight is 347 g/mol. The number of nitrogens with zero attached hydrogens (tertiary/aromatic N) is 2. The van der Waals surface area contributed by atoms with Crippen molar-refractivity contribution in [2.45, 2.75) is 0 Å². The third-order valence-corrected chi connectivity index (χ3v) is 4.02. The molecule has 1 heterocycles. The number of nitrogens with two attached hydrogens (primary N) is 1. The standard InChI is InChI=1S/C20H17N3O3/c1-25-18-8-5-13(9-19(18)26-2)15-10-17(23-20(22)16(15)11-21)12-3-6-14(24)7-4-12/h3-10,24H,1-2H3,(H2,22,23). The first-order chi connectivity index (χ1) is 12.6. The number of aromatic nitrogens is 1. The molecule has 6 nitrogen and oxygen atoms in total. The van der Waals surface area contributed by atoms with E-state index in [2.05, 4.69) is 11.1 Å². The number of ether oxygens (including phenoxy) is 2. The van der Waals surface area contributed by atoms with E-state index < -0.39 is 0 Å². The highest BCUT2D eigenvalue weighted by molar-refractivity contribution is 5.81. The van der Waals surface area contributed by atoms with Crippen molar-refractivity contribution in [3.63, 3.8) is 0 Å². The van der Waals surface area contributed by atoms with Crippen LogP contribution in [0.25, 0.3) is 22.4 Å². The molecule has 130 valence electrons. The predicted molar refractivity (Wildman–Crippen MR) is 99.0 cm³/mol. The molecule has 2 aromatic carbocycles. The van der Waals surface area contributed by atoms with Gasteiger partial charge in [-0.2, -0.15) is 5.26 Å². The Morgan fingerprint density at radius 1 is 0.962 bits per heavy atom. The van der Waals surface area contributed by atoms with E-state index in [4.69, 9.17) is 15.2 Å². The van der Waals surface area contributed by atoms with Gasteiger partial charge in [-0.15, -0.1) is 0 Å². The smallest absolute Gasteiger partial charge is 0.161 e. The normalized spacial score (nSPS) is 10.2. The van der Waals surface area contributed by atoms with Crippen LogP contribution in [0.2, 0.25) is 0 Å². The van der Waals surface area contributed by atoms with Crippen LogP contribution in [-0.2, 0) is 0 Å². The van der Waals surface area contributed by atoms with Crippen molar-refractivity contribution >= 4 is 5.82 Å². The molecule has 0 aliphatic carbocycles. The third kappa shape index (κ3) is 3.10. The molecule has 0 amide bonds. The molecule has 0 aliphatic rings. The molecule has 0 radical (unpaired) electrons. The fourth-order valence-electron chi connectivity index (χ4n) is 2.69.